The lowest BCUT2D eigenvalue weighted by Crippen LogP contribution is -2.43. The summed E-state index contributed by atoms with van der Waals surface area (Å²) in [6, 6.07) is 4.56. The van der Waals surface area contributed by atoms with Gasteiger partial charge in [-0.25, -0.2) is 4.98 Å². The molecule has 0 bridgehead atoms. The minimum absolute atomic E-state index is 0.0739. The molecule has 154 valence electrons. The van der Waals surface area contributed by atoms with Crippen molar-refractivity contribution in [2.24, 2.45) is 5.92 Å². The van der Waals surface area contributed by atoms with E-state index in [4.69, 9.17) is 0 Å². The van der Waals surface area contributed by atoms with Gasteiger partial charge in [0.25, 0.3) is 0 Å². The van der Waals surface area contributed by atoms with Crippen LogP contribution in [0.5, 0.6) is 0 Å². The van der Waals surface area contributed by atoms with Gasteiger partial charge in [0.05, 0.1) is 5.56 Å². The van der Waals surface area contributed by atoms with Gasteiger partial charge in [0.1, 0.15) is 6.04 Å². The number of carbonyl (C=O) groups is 2. The third-order valence-electron chi connectivity index (χ3n) is 5.21. The number of carbonyl (C=O) groups excluding carboxylic acids is 2. The number of halogens is 3. The number of likely N-dealkylation sites (tertiary alicyclic amines) is 1. The van der Waals surface area contributed by atoms with Crippen LogP contribution in [0.15, 0.2) is 30.5 Å². The number of amides is 2. The van der Waals surface area contributed by atoms with Gasteiger partial charge in [-0.05, 0) is 43.4 Å². The summed E-state index contributed by atoms with van der Waals surface area (Å²) in [5.74, 6) is -0.0738. The topological polar surface area (TPSA) is 62.3 Å². The molecule has 1 saturated carbocycles. The number of aromatic nitrogens is 1. The monoisotopic (exact) mass is 423 g/mol. The van der Waals surface area contributed by atoms with Crippen LogP contribution in [-0.2, 0) is 22.2 Å². The maximum atomic E-state index is 12.7. The summed E-state index contributed by atoms with van der Waals surface area (Å²) in [4.78, 5) is 31.7. The average molecular weight is 423 g/mol. The highest BCUT2D eigenvalue weighted by Crippen LogP contribution is 2.34. The van der Waals surface area contributed by atoms with E-state index < -0.39 is 17.8 Å². The zero-order chi connectivity index (χ0) is 20.6. The van der Waals surface area contributed by atoms with Crippen LogP contribution in [0.25, 0.3) is 0 Å². The van der Waals surface area contributed by atoms with Gasteiger partial charge in [0, 0.05) is 30.0 Å². The first-order valence-electron chi connectivity index (χ1n) is 9.53. The number of thiazole rings is 1. The molecule has 2 fully saturated rings. The Labute approximate surface area is 169 Å². The number of alkyl halides is 3. The van der Waals surface area contributed by atoms with E-state index in [2.05, 4.69) is 10.3 Å². The molecule has 0 spiro atoms. The summed E-state index contributed by atoms with van der Waals surface area (Å²) < 4.78 is 38.0. The molecule has 1 aromatic carbocycles. The van der Waals surface area contributed by atoms with Gasteiger partial charge in [0.2, 0.25) is 11.8 Å². The number of hydrogen-bond acceptors (Lipinski definition) is 4. The van der Waals surface area contributed by atoms with Crippen LogP contribution < -0.4 is 5.32 Å². The Balaban J connectivity index is 1.36. The number of hydrogen-bond donors (Lipinski definition) is 1. The zero-order valence-electron chi connectivity index (χ0n) is 15.5. The van der Waals surface area contributed by atoms with E-state index in [1.165, 1.54) is 23.5 Å². The minimum Gasteiger partial charge on any atom is -0.330 e. The van der Waals surface area contributed by atoms with Gasteiger partial charge in [-0.3, -0.25) is 9.59 Å². The Morgan fingerprint density at radius 2 is 1.90 bits per heavy atom. The summed E-state index contributed by atoms with van der Waals surface area (Å²) >= 11 is 1.28. The summed E-state index contributed by atoms with van der Waals surface area (Å²) in [5.41, 5.74) is 0.0527. The Morgan fingerprint density at radius 3 is 2.55 bits per heavy atom. The number of benzene rings is 1. The largest absolute Gasteiger partial charge is 0.416 e. The molecule has 1 N–H and O–H groups in total. The van der Waals surface area contributed by atoms with Crippen molar-refractivity contribution in [3.63, 3.8) is 0 Å². The average Bonchev–Trinajstić information content (AvgIpc) is 3.24. The number of rotatable bonds is 5. The first kappa shape index (κ1) is 19.9. The molecule has 1 unspecified atom stereocenters. The lowest BCUT2D eigenvalue weighted by Gasteiger charge is -2.23. The lowest BCUT2D eigenvalue weighted by molar-refractivity contribution is -0.138. The van der Waals surface area contributed by atoms with Crippen LogP contribution in [0.4, 0.5) is 18.3 Å². The second-order valence-electron chi connectivity index (χ2n) is 7.46. The molecular weight excluding hydrogens is 403 g/mol. The fraction of sp³-hybridized carbons (Fsp3) is 0.450. The van der Waals surface area contributed by atoms with Gasteiger partial charge < -0.3 is 10.2 Å². The Bertz CT molecular complexity index is 906. The highest BCUT2D eigenvalue weighted by Gasteiger charge is 2.41. The lowest BCUT2D eigenvalue weighted by atomic mass is 10.1. The van der Waals surface area contributed by atoms with Crippen LogP contribution in [0.3, 0.4) is 0 Å². The van der Waals surface area contributed by atoms with E-state index in [9.17, 15) is 22.8 Å². The summed E-state index contributed by atoms with van der Waals surface area (Å²) in [7, 11) is 0. The maximum absolute atomic E-state index is 12.7. The van der Waals surface area contributed by atoms with Crippen LogP contribution in [0.2, 0.25) is 0 Å². The van der Waals surface area contributed by atoms with E-state index >= 15 is 0 Å². The SMILES string of the molecule is O=C(Nc1ncc(Cc2ccc(C(F)(F)F)cc2)s1)C1CCCN1C(=O)C1CC1. The minimum atomic E-state index is -4.35. The van der Waals surface area contributed by atoms with Crippen LogP contribution >= 0.6 is 11.3 Å². The molecular formula is C20H20F3N3O2S. The Kier molecular flexibility index (Phi) is 5.33. The third kappa shape index (κ3) is 4.60. The molecule has 1 aromatic heterocycles. The van der Waals surface area contributed by atoms with E-state index in [0.29, 0.717) is 24.5 Å². The molecule has 2 aromatic rings. The van der Waals surface area contributed by atoms with Gasteiger partial charge in [-0.15, -0.1) is 11.3 Å². The predicted octanol–water partition coefficient (Wildman–Crippen LogP) is 4.09. The van der Waals surface area contributed by atoms with Crippen molar-refractivity contribution >= 4 is 28.3 Å². The van der Waals surface area contributed by atoms with Gasteiger partial charge in [0.15, 0.2) is 5.13 Å². The van der Waals surface area contributed by atoms with Gasteiger partial charge in [-0.1, -0.05) is 12.1 Å². The highest BCUT2D eigenvalue weighted by atomic mass is 32.1. The third-order valence-corrected chi connectivity index (χ3v) is 6.12. The zero-order valence-corrected chi connectivity index (χ0v) is 16.4. The van der Waals surface area contributed by atoms with E-state index in [1.807, 2.05) is 0 Å². The summed E-state index contributed by atoms with van der Waals surface area (Å²) in [6.45, 7) is 0.616. The summed E-state index contributed by atoms with van der Waals surface area (Å²) in [5, 5.41) is 3.22. The maximum Gasteiger partial charge on any atom is 0.416 e. The summed E-state index contributed by atoms with van der Waals surface area (Å²) in [6.07, 6.45) is 0.963. The quantitative estimate of drug-likeness (QED) is 0.788. The standard InChI is InChI=1S/C20H20F3N3O2S/c21-20(22,23)14-7-3-12(4-8-14)10-15-11-24-19(29-15)25-17(27)16-2-1-9-26(16)18(28)13-5-6-13/h3-4,7-8,11,13,16H,1-2,5-6,9-10H2,(H,24,25,27). The fourth-order valence-corrected chi connectivity index (χ4v) is 4.37. The van der Waals surface area contributed by atoms with Crippen molar-refractivity contribution in [1.29, 1.82) is 0 Å². The smallest absolute Gasteiger partial charge is 0.330 e. The molecule has 2 amide bonds. The van der Waals surface area contributed by atoms with Gasteiger partial charge in [-0.2, -0.15) is 13.2 Å². The second-order valence-corrected chi connectivity index (χ2v) is 8.57. The molecule has 2 aliphatic rings. The van der Waals surface area contributed by atoms with Crippen molar-refractivity contribution in [1.82, 2.24) is 9.88 Å². The molecule has 0 radical (unpaired) electrons. The van der Waals surface area contributed by atoms with Crippen molar-refractivity contribution in [2.75, 3.05) is 11.9 Å². The number of anilines is 1. The molecule has 4 rings (SSSR count). The molecule has 1 aliphatic carbocycles. The number of nitrogens with one attached hydrogen (secondary N) is 1. The first-order valence-corrected chi connectivity index (χ1v) is 10.3. The van der Waals surface area contributed by atoms with Gasteiger partial charge >= 0.3 is 6.18 Å². The van der Waals surface area contributed by atoms with Crippen LogP contribution in [-0.4, -0.2) is 34.3 Å². The van der Waals surface area contributed by atoms with Crippen molar-refractivity contribution < 1.29 is 22.8 Å². The molecule has 2 heterocycles. The molecule has 29 heavy (non-hydrogen) atoms. The Hall–Kier alpha value is -2.42. The highest BCUT2D eigenvalue weighted by molar-refractivity contribution is 7.15. The second kappa shape index (κ2) is 7.78. The van der Waals surface area contributed by atoms with Crippen molar-refractivity contribution in [3.05, 3.63) is 46.5 Å². The Morgan fingerprint density at radius 1 is 1.17 bits per heavy atom. The number of nitrogens with zero attached hydrogens (tertiary/aromatic N) is 2. The normalized spacial score (nSPS) is 19.4. The van der Waals surface area contributed by atoms with Crippen molar-refractivity contribution in [3.8, 4) is 0 Å². The predicted molar refractivity (Wildman–Crippen MR) is 102 cm³/mol. The van der Waals surface area contributed by atoms with E-state index in [-0.39, 0.29) is 17.7 Å². The molecule has 9 heteroatoms. The molecule has 1 atom stereocenters. The fourth-order valence-electron chi connectivity index (χ4n) is 3.52. The molecule has 1 saturated heterocycles. The molecule has 1 aliphatic heterocycles. The van der Waals surface area contributed by atoms with Crippen LogP contribution in [0.1, 0.15) is 41.7 Å². The first-order chi connectivity index (χ1) is 13.8. The van der Waals surface area contributed by atoms with Crippen LogP contribution in [0, 0.1) is 5.92 Å². The van der Waals surface area contributed by atoms with E-state index in [0.717, 1.165) is 41.8 Å². The van der Waals surface area contributed by atoms with E-state index in [1.54, 1.807) is 11.1 Å². The molecule has 5 nitrogen and oxygen atoms in total. The van der Waals surface area contributed by atoms with Crippen molar-refractivity contribution in [2.45, 2.75) is 44.3 Å².